The standard InChI is InChI=1S/C16H22N2O4S/c1-11(19)9-18(10-12(2)20)23(21,22)14-6-7-15-13(8-14)4-3-5-16(15)17/h3-8,11-12,19-20H,9-10,17H2,1-2H3. The monoisotopic (exact) mass is 338 g/mol. The van der Waals surface area contributed by atoms with E-state index in [1.165, 1.54) is 19.9 Å². The van der Waals surface area contributed by atoms with Crippen molar-refractivity contribution in [1.29, 1.82) is 0 Å². The Morgan fingerprint density at radius 3 is 2.26 bits per heavy atom. The zero-order valence-corrected chi connectivity index (χ0v) is 14.0. The van der Waals surface area contributed by atoms with Crippen LogP contribution in [0.4, 0.5) is 5.69 Å². The van der Waals surface area contributed by atoms with Gasteiger partial charge in [0, 0.05) is 24.2 Å². The van der Waals surface area contributed by atoms with E-state index in [-0.39, 0.29) is 18.0 Å². The highest BCUT2D eigenvalue weighted by Gasteiger charge is 2.27. The summed E-state index contributed by atoms with van der Waals surface area (Å²) in [6.07, 6.45) is -1.67. The molecule has 2 atom stereocenters. The molecule has 23 heavy (non-hydrogen) atoms. The number of hydrogen-bond donors (Lipinski definition) is 3. The molecule has 126 valence electrons. The van der Waals surface area contributed by atoms with Gasteiger partial charge in [-0.3, -0.25) is 0 Å². The summed E-state index contributed by atoms with van der Waals surface area (Å²) in [5, 5.41) is 20.6. The highest BCUT2D eigenvalue weighted by molar-refractivity contribution is 7.89. The van der Waals surface area contributed by atoms with Crippen LogP contribution >= 0.6 is 0 Å². The van der Waals surface area contributed by atoms with Gasteiger partial charge in [0.15, 0.2) is 0 Å². The fraction of sp³-hybridized carbons (Fsp3) is 0.375. The quantitative estimate of drug-likeness (QED) is 0.686. The van der Waals surface area contributed by atoms with Crippen molar-refractivity contribution < 1.29 is 18.6 Å². The van der Waals surface area contributed by atoms with Gasteiger partial charge in [-0.15, -0.1) is 0 Å². The number of rotatable bonds is 6. The van der Waals surface area contributed by atoms with Crippen LogP contribution in [0.2, 0.25) is 0 Å². The minimum atomic E-state index is -3.82. The van der Waals surface area contributed by atoms with E-state index < -0.39 is 22.2 Å². The molecule has 7 heteroatoms. The summed E-state index contributed by atoms with van der Waals surface area (Å²) >= 11 is 0. The molecule has 2 rings (SSSR count). The van der Waals surface area contributed by atoms with Crippen LogP contribution < -0.4 is 5.73 Å². The van der Waals surface area contributed by atoms with Crippen LogP contribution in [0.3, 0.4) is 0 Å². The number of anilines is 1. The number of benzene rings is 2. The van der Waals surface area contributed by atoms with E-state index in [4.69, 9.17) is 5.73 Å². The normalized spacial score (nSPS) is 15.0. The third-order valence-corrected chi connectivity index (χ3v) is 5.29. The molecular weight excluding hydrogens is 316 g/mol. The van der Waals surface area contributed by atoms with E-state index in [1.54, 1.807) is 30.3 Å². The Morgan fingerprint density at radius 2 is 1.70 bits per heavy atom. The molecule has 6 nitrogen and oxygen atoms in total. The highest BCUT2D eigenvalue weighted by atomic mass is 32.2. The zero-order chi connectivity index (χ0) is 17.2. The molecule has 0 saturated carbocycles. The molecule has 0 bridgehead atoms. The number of nitrogen functional groups attached to an aromatic ring is 1. The molecule has 0 radical (unpaired) electrons. The van der Waals surface area contributed by atoms with Crippen LogP contribution in [-0.4, -0.2) is 48.2 Å². The van der Waals surface area contributed by atoms with Gasteiger partial charge in [-0.25, -0.2) is 8.42 Å². The Balaban J connectivity index is 2.47. The minimum Gasteiger partial charge on any atom is -0.398 e. The minimum absolute atomic E-state index is 0.0812. The maximum Gasteiger partial charge on any atom is 0.243 e. The summed E-state index contributed by atoms with van der Waals surface area (Å²) in [6.45, 7) is 2.85. The Kier molecular flexibility index (Phi) is 5.26. The lowest BCUT2D eigenvalue weighted by Crippen LogP contribution is -2.40. The lowest BCUT2D eigenvalue weighted by atomic mass is 10.1. The number of hydrogen-bond acceptors (Lipinski definition) is 5. The maximum absolute atomic E-state index is 12.8. The molecular formula is C16H22N2O4S. The van der Waals surface area contributed by atoms with E-state index in [9.17, 15) is 18.6 Å². The van der Waals surface area contributed by atoms with Gasteiger partial charge in [0.05, 0.1) is 17.1 Å². The largest absolute Gasteiger partial charge is 0.398 e. The third kappa shape index (κ3) is 4.00. The first-order valence-corrected chi connectivity index (χ1v) is 8.80. The second-order valence-corrected chi connectivity index (χ2v) is 7.69. The van der Waals surface area contributed by atoms with Gasteiger partial charge in [0.2, 0.25) is 10.0 Å². The van der Waals surface area contributed by atoms with Crippen LogP contribution in [0.25, 0.3) is 10.8 Å². The molecule has 0 aromatic heterocycles. The molecule has 0 saturated heterocycles. The van der Waals surface area contributed by atoms with E-state index >= 15 is 0 Å². The van der Waals surface area contributed by atoms with Gasteiger partial charge in [-0.1, -0.05) is 18.2 Å². The first-order chi connectivity index (χ1) is 10.7. The Labute approximate surface area is 136 Å². The van der Waals surface area contributed by atoms with Gasteiger partial charge in [0.1, 0.15) is 0 Å². The fourth-order valence-corrected chi connectivity index (χ4v) is 4.09. The average molecular weight is 338 g/mol. The second-order valence-electron chi connectivity index (χ2n) is 5.75. The summed E-state index contributed by atoms with van der Waals surface area (Å²) in [6, 6.07) is 10.0. The maximum atomic E-state index is 12.8. The Hall–Kier alpha value is -1.67. The van der Waals surface area contributed by atoms with Crippen molar-refractivity contribution in [2.24, 2.45) is 0 Å². The van der Waals surface area contributed by atoms with Crippen molar-refractivity contribution in [2.45, 2.75) is 31.0 Å². The van der Waals surface area contributed by atoms with E-state index in [2.05, 4.69) is 0 Å². The van der Waals surface area contributed by atoms with Crippen LogP contribution in [0, 0.1) is 0 Å². The van der Waals surface area contributed by atoms with E-state index in [1.807, 2.05) is 0 Å². The first-order valence-electron chi connectivity index (χ1n) is 7.36. The summed E-state index contributed by atoms with van der Waals surface area (Å²) < 4.78 is 26.7. The molecule has 2 aromatic carbocycles. The molecule has 0 spiro atoms. The van der Waals surface area contributed by atoms with Crippen LogP contribution in [-0.2, 0) is 10.0 Å². The molecule has 4 N–H and O–H groups in total. The molecule has 2 unspecified atom stereocenters. The van der Waals surface area contributed by atoms with Crippen molar-refractivity contribution in [3.63, 3.8) is 0 Å². The number of nitrogens with zero attached hydrogens (tertiary/aromatic N) is 1. The van der Waals surface area contributed by atoms with Crippen LogP contribution in [0.15, 0.2) is 41.3 Å². The van der Waals surface area contributed by atoms with E-state index in [0.717, 1.165) is 15.1 Å². The van der Waals surface area contributed by atoms with Gasteiger partial charge < -0.3 is 15.9 Å². The molecule has 0 aliphatic heterocycles. The molecule has 0 aliphatic carbocycles. The van der Waals surface area contributed by atoms with Gasteiger partial charge in [-0.05, 0) is 37.4 Å². The van der Waals surface area contributed by atoms with Gasteiger partial charge >= 0.3 is 0 Å². The predicted octanol–water partition coefficient (Wildman–Crippen LogP) is 1.17. The Bertz CT molecular complexity index is 778. The molecule has 2 aromatic rings. The smallest absolute Gasteiger partial charge is 0.243 e. The number of nitrogens with two attached hydrogens (primary N) is 1. The van der Waals surface area contributed by atoms with Crippen LogP contribution in [0.1, 0.15) is 13.8 Å². The average Bonchev–Trinajstić information content (AvgIpc) is 2.45. The van der Waals surface area contributed by atoms with Crippen LogP contribution in [0.5, 0.6) is 0 Å². The second kappa shape index (κ2) is 6.84. The predicted molar refractivity (Wildman–Crippen MR) is 90.5 cm³/mol. The fourth-order valence-electron chi connectivity index (χ4n) is 2.46. The van der Waals surface area contributed by atoms with Crippen molar-refractivity contribution in [1.82, 2.24) is 4.31 Å². The number of fused-ring (bicyclic) bond motifs is 1. The van der Waals surface area contributed by atoms with Crippen molar-refractivity contribution in [2.75, 3.05) is 18.8 Å². The number of aliphatic hydroxyl groups excluding tert-OH is 2. The summed E-state index contributed by atoms with van der Waals surface area (Å²) in [5.74, 6) is 0. The Morgan fingerprint density at radius 1 is 1.09 bits per heavy atom. The molecule has 0 aliphatic rings. The lowest BCUT2D eigenvalue weighted by molar-refractivity contribution is 0.125. The molecule has 0 heterocycles. The van der Waals surface area contributed by atoms with Crippen molar-refractivity contribution in [3.8, 4) is 0 Å². The summed E-state index contributed by atoms with van der Waals surface area (Å²) in [5.41, 5.74) is 6.46. The summed E-state index contributed by atoms with van der Waals surface area (Å²) in [7, 11) is -3.82. The number of sulfonamides is 1. The van der Waals surface area contributed by atoms with Crippen molar-refractivity contribution in [3.05, 3.63) is 36.4 Å². The molecule has 0 amide bonds. The SMILES string of the molecule is CC(O)CN(CC(C)O)S(=O)(=O)c1ccc2c(N)cccc2c1. The van der Waals surface area contributed by atoms with Crippen molar-refractivity contribution >= 4 is 26.5 Å². The lowest BCUT2D eigenvalue weighted by Gasteiger charge is -2.24. The first kappa shape index (κ1) is 17.7. The van der Waals surface area contributed by atoms with E-state index in [0.29, 0.717) is 5.69 Å². The summed E-state index contributed by atoms with van der Waals surface area (Å²) in [4.78, 5) is 0.108. The zero-order valence-electron chi connectivity index (χ0n) is 13.2. The topological polar surface area (TPSA) is 104 Å². The highest BCUT2D eigenvalue weighted by Crippen LogP contribution is 2.25. The third-order valence-electron chi connectivity index (χ3n) is 3.46. The molecule has 0 fully saturated rings. The number of aliphatic hydroxyl groups is 2. The van der Waals surface area contributed by atoms with Gasteiger partial charge in [-0.2, -0.15) is 4.31 Å². The van der Waals surface area contributed by atoms with Gasteiger partial charge in [0.25, 0.3) is 0 Å².